The molecule has 0 aliphatic carbocycles. The first kappa shape index (κ1) is 65.6. The Labute approximate surface area is 426 Å². The highest BCUT2D eigenvalue weighted by atomic mass is 16.6. The average Bonchev–Trinajstić information content (AvgIpc) is 3.35. The van der Waals surface area contributed by atoms with Gasteiger partial charge in [0.1, 0.15) is 13.2 Å². The lowest BCUT2D eigenvalue weighted by atomic mass is 10.1. The van der Waals surface area contributed by atoms with E-state index in [2.05, 4.69) is 106 Å². The largest absolute Gasteiger partial charge is 0.462 e. The van der Waals surface area contributed by atoms with E-state index < -0.39 is 6.10 Å². The van der Waals surface area contributed by atoms with E-state index in [4.69, 9.17) is 14.2 Å². The topological polar surface area (TPSA) is 78.9 Å². The number of esters is 3. The Kier molecular flexibility index (Phi) is 54.3. The molecular weight excluding hydrogens is 853 g/mol. The van der Waals surface area contributed by atoms with Crippen LogP contribution in [0.4, 0.5) is 0 Å². The van der Waals surface area contributed by atoms with Crippen LogP contribution in [0, 0.1) is 0 Å². The van der Waals surface area contributed by atoms with Gasteiger partial charge >= 0.3 is 17.9 Å². The predicted molar refractivity (Wildman–Crippen MR) is 297 cm³/mol. The standard InChI is InChI=1S/C63H108O6/c1-4-7-10-13-16-19-22-25-28-30-31-33-35-38-41-44-47-50-53-56-62(65)68-59-60(58-67-61(64)55-52-49-46-43-40-37-34-27-24-21-18-15-12-9-6-3)69-63(66)57-54-51-48-45-42-39-36-32-29-26-23-20-17-14-11-8-5-2/h9,12,17-18,20-21,26-27,29-31,34,40,43,60H,4-8,10-11,13-16,19,22-25,28,32-33,35-39,41-42,44-59H2,1-3H3/b12-9-,20-17-,21-18-,29-26-,31-30-,34-27-,43-40-/t60-/m1/s1. The van der Waals surface area contributed by atoms with Crippen LogP contribution in [0.5, 0.6) is 0 Å². The van der Waals surface area contributed by atoms with Crippen LogP contribution in [0.15, 0.2) is 85.1 Å². The Morgan fingerprint density at radius 2 is 0.565 bits per heavy atom. The van der Waals surface area contributed by atoms with Gasteiger partial charge in [-0.1, -0.05) is 228 Å². The first-order valence-corrected chi connectivity index (χ1v) is 29.1. The molecule has 0 saturated carbocycles. The summed E-state index contributed by atoms with van der Waals surface area (Å²) < 4.78 is 16.8. The van der Waals surface area contributed by atoms with Crippen molar-refractivity contribution < 1.29 is 28.6 Å². The van der Waals surface area contributed by atoms with Gasteiger partial charge in [-0.25, -0.2) is 0 Å². The number of carbonyl (C=O) groups excluding carboxylic acids is 3. The highest BCUT2D eigenvalue weighted by Gasteiger charge is 2.19. The van der Waals surface area contributed by atoms with Crippen molar-refractivity contribution in [2.75, 3.05) is 13.2 Å². The summed E-state index contributed by atoms with van der Waals surface area (Å²) in [6, 6.07) is 0. The lowest BCUT2D eigenvalue weighted by molar-refractivity contribution is -0.167. The van der Waals surface area contributed by atoms with E-state index in [-0.39, 0.29) is 31.1 Å². The van der Waals surface area contributed by atoms with E-state index >= 15 is 0 Å². The van der Waals surface area contributed by atoms with Crippen molar-refractivity contribution in [3.05, 3.63) is 85.1 Å². The van der Waals surface area contributed by atoms with Crippen molar-refractivity contribution in [1.29, 1.82) is 0 Å². The molecule has 0 fully saturated rings. The van der Waals surface area contributed by atoms with Crippen molar-refractivity contribution >= 4 is 17.9 Å². The van der Waals surface area contributed by atoms with Crippen LogP contribution in [0.25, 0.3) is 0 Å². The highest BCUT2D eigenvalue weighted by Crippen LogP contribution is 2.15. The summed E-state index contributed by atoms with van der Waals surface area (Å²) in [6.07, 6.45) is 74.3. The van der Waals surface area contributed by atoms with Crippen molar-refractivity contribution in [2.24, 2.45) is 0 Å². The molecule has 0 aromatic rings. The summed E-state index contributed by atoms with van der Waals surface area (Å²) >= 11 is 0. The molecule has 0 spiro atoms. The first-order valence-electron chi connectivity index (χ1n) is 29.1. The number of hydrogen-bond acceptors (Lipinski definition) is 6. The predicted octanol–water partition coefficient (Wildman–Crippen LogP) is 19.5. The number of unbranched alkanes of at least 4 members (excludes halogenated alkanes) is 27. The van der Waals surface area contributed by atoms with Gasteiger partial charge in [0, 0.05) is 19.3 Å². The molecule has 0 aromatic heterocycles. The Balaban J connectivity index is 4.44. The summed E-state index contributed by atoms with van der Waals surface area (Å²) in [7, 11) is 0. The lowest BCUT2D eigenvalue weighted by Crippen LogP contribution is -2.30. The van der Waals surface area contributed by atoms with Crippen LogP contribution in [0.2, 0.25) is 0 Å². The molecule has 0 N–H and O–H groups in total. The molecule has 396 valence electrons. The van der Waals surface area contributed by atoms with E-state index in [1.165, 1.54) is 141 Å². The lowest BCUT2D eigenvalue weighted by Gasteiger charge is -2.18. The Morgan fingerprint density at radius 3 is 0.957 bits per heavy atom. The van der Waals surface area contributed by atoms with Gasteiger partial charge in [0.2, 0.25) is 0 Å². The van der Waals surface area contributed by atoms with Crippen LogP contribution in [-0.4, -0.2) is 37.2 Å². The quantitative estimate of drug-likeness (QED) is 0.0262. The van der Waals surface area contributed by atoms with E-state index in [9.17, 15) is 14.4 Å². The van der Waals surface area contributed by atoms with Crippen LogP contribution in [0.3, 0.4) is 0 Å². The summed E-state index contributed by atoms with van der Waals surface area (Å²) in [5.41, 5.74) is 0. The Hall–Kier alpha value is -3.41. The van der Waals surface area contributed by atoms with Crippen LogP contribution >= 0.6 is 0 Å². The first-order chi connectivity index (χ1) is 34.0. The zero-order valence-electron chi connectivity index (χ0n) is 45.3. The summed E-state index contributed by atoms with van der Waals surface area (Å²) in [5, 5.41) is 0. The molecule has 1 atom stereocenters. The molecule has 69 heavy (non-hydrogen) atoms. The summed E-state index contributed by atoms with van der Waals surface area (Å²) in [4.78, 5) is 38.2. The van der Waals surface area contributed by atoms with Crippen LogP contribution < -0.4 is 0 Å². The van der Waals surface area contributed by atoms with Gasteiger partial charge in [-0.05, 0) is 116 Å². The minimum absolute atomic E-state index is 0.0950. The molecule has 0 heterocycles. The van der Waals surface area contributed by atoms with Gasteiger partial charge in [0.05, 0.1) is 0 Å². The molecule has 6 nitrogen and oxygen atoms in total. The van der Waals surface area contributed by atoms with E-state index in [0.717, 1.165) is 96.3 Å². The van der Waals surface area contributed by atoms with Crippen molar-refractivity contribution in [3.8, 4) is 0 Å². The maximum absolute atomic E-state index is 12.9. The van der Waals surface area contributed by atoms with Crippen LogP contribution in [0.1, 0.15) is 278 Å². The second kappa shape index (κ2) is 57.2. The minimum Gasteiger partial charge on any atom is -0.462 e. The molecule has 6 heteroatoms. The zero-order chi connectivity index (χ0) is 50.0. The highest BCUT2D eigenvalue weighted by molar-refractivity contribution is 5.71. The molecule has 0 unspecified atom stereocenters. The average molecular weight is 962 g/mol. The van der Waals surface area contributed by atoms with E-state index in [1.807, 2.05) is 0 Å². The third-order valence-electron chi connectivity index (χ3n) is 12.4. The van der Waals surface area contributed by atoms with Crippen molar-refractivity contribution in [1.82, 2.24) is 0 Å². The second-order valence-electron chi connectivity index (χ2n) is 19.2. The number of carbonyl (C=O) groups is 3. The van der Waals surface area contributed by atoms with Gasteiger partial charge in [0.15, 0.2) is 6.10 Å². The maximum Gasteiger partial charge on any atom is 0.306 e. The van der Waals surface area contributed by atoms with Crippen molar-refractivity contribution in [3.63, 3.8) is 0 Å². The van der Waals surface area contributed by atoms with Gasteiger partial charge in [-0.15, -0.1) is 0 Å². The van der Waals surface area contributed by atoms with Gasteiger partial charge in [0.25, 0.3) is 0 Å². The van der Waals surface area contributed by atoms with Crippen molar-refractivity contribution in [2.45, 2.75) is 284 Å². The third kappa shape index (κ3) is 55.4. The fraction of sp³-hybridized carbons (Fsp3) is 0.730. The van der Waals surface area contributed by atoms with Crippen LogP contribution in [-0.2, 0) is 28.6 Å². The normalized spacial score (nSPS) is 12.7. The minimum atomic E-state index is -0.800. The van der Waals surface area contributed by atoms with Gasteiger partial charge in [-0.2, -0.15) is 0 Å². The third-order valence-corrected chi connectivity index (χ3v) is 12.4. The number of ether oxygens (including phenoxy) is 3. The molecule has 0 aliphatic rings. The zero-order valence-corrected chi connectivity index (χ0v) is 45.3. The Morgan fingerprint density at radius 1 is 0.304 bits per heavy atom. The second-order valence-corrected chi connectivity index (χ2v) is 19.2. The molecule has 0 amide bonds. The van der Waals surface area contributed by atoms with Gasteiger partial charge < -0.3 is 14.2 Å². The molecule has 0 aromatic carbocycles. The maximum atomic E-state index is 12.9. The number of allylic oxidation sites excluding steroid dienone is 14. The fourth-order valence-electron chi connectivity index (χ4n) is 7.99. The molecule has 0 radical (unpaired) electrons. The summed E-state index contributed by atoms with van der Waals surface area (Å²) in [6.45, 7) is 6.47. The molecular formula is C63H108O6. The number of rotatable bonds is 52. The van der Waals surface area contributed by atoms with E-state index in [0.29, 0.717) is 19.3 Å². The molecule has 0 saturated heterocycles. The molecule has 0 aliphatic heterocycles. The molecule has 0 bridgehead atoms. The molecule has 0 rings (SSSR count). The smallest absolute Gasteiger partial charge is 0.306 e. The number of hydrogen-bond donors (Lipinski definition) is 0. The SMILES string of the molecule is CC/C=C\C/C=C\C/C=C\C/C=C\CCCCC(=O)OC[C@H](COC(=O)CCCCCCCCC/C=C\CCCCCCCCCC)OC(=O)CCCCCCCCC/C=C\C/C=C\CCCCC. The van der Waals surface area contributed by atoms with Gasteiger partial charge in [-0.3, -0.25) is 14.4 Å². The van der Waals surface area contributed by atoms with E-state index in [1.54, 1.807) is 0 Å². The monoisotopic (exact) mass is 961 g/mol. The summed E-state index contributed by atoms with van der Waals surface area (Å²) in [5.74, 6) is -0.944. The Bertz CT molecular complexity index is 1330. The fourth-order valence-corrected chi connectivity index (χ4v) is 7.99.